The van der Waals surface area contributed by atoms with Crippen LogP contribution >= 0.6 is 0 Å². The Balaban J connectivity index is 1.77. The summed E-state index contributed by atoms with van der Waals surface area (Å²) in [5.41, 5.74) is 0.867. The zero-order valence-corrected chi connectivity index (χ0v) is 12.3. The largest absolute Gasteiger partial charge is 0.461 e. The van der Waals surface area contributed by atoms with Gasteiger partial charge in [0, 0.05) is 31.0 Å². The lowest BCUT2D eigenvalue weighted by atomic mass is 10.2. The molecule has 1 unspecified atom stereocenters. The van der Waals surface area contributed by atoms with Gasteiger partial charge in [0.25, 0.3) is 0 Å². The number of para-hydroxylation sites is 1. The van der Waals surface area contributed by atoms with E-state index in [9.17, 15) is 4.79 Å². The number of carbonyl (C=O) groups excluding carboxylic acids is 1. The number of benzene rings is 1. The van der Waals surface area contributed by atoms with Crippen molar-refractivity contribution < 1.29 is 14.3 Å². The molecule has 0 aliphatic carbocycles. The van der Waals surface area contributed by atoms with Crippen LogP contribution in [-0.2, 0) is 6.42 Å². The Kier molecular flexibility index (Phi) is 5.63. The molecule has 3 N–H and O–H groups in total. The Morgan fingerprint density at radius 3 is 2.90 bits per heavy atom. The molecule has 0 spiro atoms. The number of hydrogen-bond donors (Lipinski definition) is 3. The van der Waals surface area contributed by atoms with E-state index in [1.165, 1.54) is 0 Å². The highest BCUT2D eigenvalue weighted by Crippen LogP contribution is 2.18. The first-order chi connectivity index (χ1) is 10.2. The van der Waals surface area contributed by atoms with Crippen LogP contribution in [0.5, 0.6) is 0 Å². The maximum atomic E-state index is 11.7. The molecule has 114 valence electrons. The summed E-state index contributed by atoms with van der Waals surface area (Å²) in [6, 6.07) is 9.65. The fourth-order valence-corrected chi connectivity index (χ4v) is 2.23. The van der Waals surface area contributed by atoms with Gasteiger partial charge in [-0.3, -0.25) is 0 Å². The molecule has 1 aromatic heterocycles. The van der Waals surface area contributed by atoms with Crippen molar-refractivity contribution in [3.05, 3.63) is 36.1 Å². The summed E-state index contributed by atoms with van der Waals surface area (Å²) in [7, 11) is 0. The first-order valence-corrected chi connectivity index (χ1v) is 7.35. The predicted molar refractivity (Wildman–Crippen MR) is 82.2 cm³/mol. The lowest BCUT2D eigenvalue weighted by Gasteiger charge is -2.16. The normalized spacial score (nSPS) is 12.3. The topological polar surface area (TPSA) is 74.5 Å². The van der Waals surface area contributed by atoms with Crippen LogP contribution in [0.4, 0.5) is 4.79 Å². The van der Waals surface area contributed by atoms with Crippen LogP contribution in [-0.4, -0.2) is 30.3 Å². The molecular formula is C16H22N2O3. The third kappa shape index (κ3) is 4.49. The monoisotopic (exact) mass is 290 g/mol. The van der Waals surface area contributed by atoms with E-state index < -0.39 is 0 Å². The van der Waals surface area contributed by atoms with Gasteiger partial charge in [0.05, 0.1) is 0 Å². The van der Waals surface area contributed by atoms with Crippen molar-refractivity contribution in [3.63, 3.8) is 0 Å². The standard InChI is InChI=1S/C16H22N2O3/c1-2-13(8-10-19)18-16(20)17-9-7-14-11-12-5-3-4-6-15(12)21-14/h3-6,11,13,19H,2,7-10H2,1H3,(H2,17,18,20). The Labute approximate surface area is 124 Å². The van der Waals surface area contributed by atoms with Gasteiger partial charge in [-0.25, -0.2) is 4.79 Å². The van der Waals surface area contributed by atoms with Crippen LogP contribution in [0.2, 0.25) is 0 Å². The Bertz CT molecular complexity index is 547. The van der Waals surface area contributed by atoms with E-state index >= 15 is 0 Å². The molecule has 0 aliphatic rings. The van der Waals surface area contributed by atoms with Gasteiger partial charge in [-0.1, -0.05) is 25.1 Å². The summed E-state index contributed by atoms with van der Waals surface area (Å²) in [6.07, 6.45) is 2.03. The van der Waals surface area contributed by atoms with Crippen molar-refractivity contribution in [2.45, 2.75) is 32.2 Å². The van der Waals surface area contributed by atoms with E-state index in [1.54, 1.807) is 0 Å². The number of urea groups is 1. The zero-order valence-electron chi connectivity index (χ0n) is 12.3. The first-order valence-electron chi connectivity index (χ1n) is 7.35. The number of carbonyl (C=O) groups is 1. The molecule has 1 atom stereocenters. The molecule has 0 saturated heterocycles. The summed E-state index contributed by atoms with van der Waals surface area (Å²) in [6.45, 7) is 2.58. The molecule has 21 heavy (non-hydrogen) atoms. The predicted octanol–water partition coefficient (Wildman–Crippen LogP) is 2.44. The molecule has 5 heteroatoms. The fourth-order valence-electron chi connectivity index (χ4n) is 2.23. The molecule has 0 fully saturated rings. The van der Waals surface area contributed by atoms with E-state index in [4.69, 9.17) is 9.52 Å². The maximum absolute atomic E-state index is 11.7. The van der Waals surface area contributed by atoms with E-state index in [0.29, 0.717) is 19.4 Å². The summed E-state index contributed by atoms with van der Waals surface area (Å²) in [5, 5.41) is 15.6. The van der Waals surface area contributed by atoms with E-state index in [1.807, 2.05) is 37.3 Å². The van der Waals surface area contributed by atoms with Gasteiger partial charge in [0.1, 0.15) is 11.3 Å². The maximum Gasteiger partial charge on any atom is 0.315 e. The van der Waals surface area contributed by atoms with Crippen molar-refractivity contribution in [1.82, 2.24) is 10.6 Å². The highest BCUT2D eigenvalue weighted by atomic mass is 16.3. The third-order valence-electron chi connectivity index (χ3n) is 3.44. The van der Waals surface area contributed by atoms with Gasteiger partial charge in [0.15, 0.2) is 0 Å². The molecule has 0 saturated carbocycles. The second kappa shape index (κ2) is 7.69. The van der Waals surface area contributed by atoms with Gasteiger partial charge in [-0.2, -0.15) is 0 Å². The minimum Gasteiger partial charge on any atom is -0.461 e. The lowest BCUT2D eigenvalue weighted by molar-refractivity contribution is 0.228. The number of nitrogens with one attached hydrogen (secondary N) is 2. The molecule has 5 nitrogen and oxygen atoms in total. The van der Waals surface area contributed by atoms with E-state index in [2.05, 4.69) is 10.6 Å². The second-order valence-electron chi connectivity index (χ2n) is 5.02. The smallest absolute Gasteiger partial charge is 0.315 e. The van der Waals surface area contributed by atoms with Crippen molar-refractivity contribution in [2.24, 2.45) is 0 Å². The molecule has 2 aromatic rings. The van der Waals surface area contributed by atoms with Crippen LogP contribution in [0.25, 0.3) is 11.0 Å². The van der Waals surface area contributed by atoms with Crippen LogP contribution in [0.1, 0.15) is 25.5 Å². The van der Waals surface area contributed by atoms with Crippen molar-refractivity contribution >= 4 is 17.0 Å². The number of aliphatic hydroxyl groups excluding tert-OH is 1. The molecule has 0 radical (unpaired) electrons. The van der Waals surface area contributed by atoms with Crippen LogP contribution in [0.15, 0.2) is 34.7 Å². The second-order valence-corrected chi connectivity index (χ2v) is 5.02. The molecule has 1 heterocycles. The van der Waals surface area contributed by atoms with Crippen LogP contribution in [0.3, 0.4) is 0 Å². The molecular weight excluding hydrogens is 268 g/mol. The summed E-state index contributed by atoms with van der Waals surface area (Å²) >= 11 is 0. The Hall–Kier alpha value is -2.01. The van der Waals surface area contributed by atoms with Gasteiger partial charge < -0.3 is 20.2 Å². The molecule has 0 aliphatic heterocycles. The number of furan rings is 1. The SMILES string of the molecule is CCC(CCO)NC(=O)NCCc1cc2ccccc2o1. The number of aliphatic hydroxyl groups is 1. The van der Waals surface area contributed by atoms with E-state index in [0.717, 1.165) is 23.2 Å². The zero-order chi connectivity index (χ0) is 15.1. The average Bonchev–Trinajstić information content (AvgIpc) is 2.89. The quantitative estimate of drug-likeness (QED) is 0.733. The number of amides is 2. The van der Waals surface area contributed by atoms with Gasteiger partial charge in [-0.05, 0) is 25.0 Å². The Morgan fingerprint density at radius 1 is 1.38 bits per heavy atom. The highest BCUT2D eigenvalue weighted by molar-refractivity contribution is 5.77. The van der Waals surface area contributed by atoms with Crippen LogP contribution < -0.4 is 10.6 Å². The number of rotatable bonds is 7. The van der Waals surface area contributed by atoms with Crippen LogP contribution in [0, 0.1) is 0 Å². The minimum atomic E-state index is -0.202. The Morgan fingerprint density at radius 2 is 2.19 bits per heavy atom. The summed E-state index contributed by atoms with van der Waals surface area (Å²) in [5.74, 6) is 0.860. The molecule has 0 bridgehead atoms. The van der Waals surface area contributed by atoms with Crippen molar-refractivity contribution in [3.8, 4) is 0 Å². The molecule has 2 amide bonds. The van der Waals surface area contributed by atoms with E-state index in [-0.39, 0.29) is 18.7 Å². The molecule has 2 rings (SSSR count). The van der Waals surface area contributed by atoms with Crippen molar-refractivity contribution in [1.29, 1.82) is 0 Å². The number of hydrogen-bond acceptors (Lipinski definition) is 3. The molecule has 1 aromatic carbocycles. The van der Waals surface area contributed by atoms with Gasteiger partial charge >= 0.3 is 6.03 Å². The third-order valence-corrected chi connectivity index (χ3v) is 3.44. The number of fused-ring (bicyclic) bond motifs is 1. The van der Waals surface area contributed by atoms with Crippen molar-refractivity contribution in [2.75, 3.05) is 13.2 Å². The summed E-state index contributed by atoms with van der Waals surface area (Å²) < 4.78 is 5.69. The average molecular weight is 290 g/mol. The summed E-state index contributed by atoms with van der Waals surface area (Å²) in [4.78, 5) is 11.7. The van der Waals surface area contributed by atoms with Gasteiger partial charge in [-0.15, -0.1) is 0 Å². The minimum absolute atomic E-state index is 0.0150. The lowest BCUT2D eigenvalue weighted by Crippen LogP contribution is -2.42. The fraction of sp³-hybridized carbons (Fsp3) is 0.438. The first kappa shape index (κ1) is 15.4. The highest BCUT2D eigenvalue weighted by Gasteiger charge is 2.09. The van der Waals surface area contributed by atoms with Gasteiger partial charge in [0.2, 0.25) is 0 Å².